The van der Waals surface area contributed by atoms with Crippen molar-refractivity contribution in [1.82, 2.24) is 10.2 Å². The van der Waals surface area contributed by atoms with Crippen molar-refractivity contribution in [2.24, 2.45) is 0 Å². The van der Waals surface area contributed by atoms with Gasteiger partial charge in [-0.15, -0.1) is 0 Å². The number of rotatable bonds is 6. The summed E-state index contributed by atoms with van der Waals surface area (Å²) in [5.41, 5.74) is 1.42. The Bertz CT molecular complexity index is 442. The lowest BCUT2D eigenvalue weighted by Gasteiger charge is -2.12. The van der Waals surface area contributed by atoms with Crippen molar-refractivity contribution in [3.63, 3.8) is 0 Å². The van der Waals surface area contributed by atoms with Gasteiger partial charge in [0.2, 0.25) is 0 Å². The molecule has 0 radical (unpaired) electrons. The molecule has 104 valence electrons. The van der Waals surface area contributed by atoms with Crippen molar-refractivity contribution in [2.45, 2.75) is 12.6 Å². The zero-order chi connectivity index (χ0) is 14.4. The van der Waals surface area contributed by atoms with Crippen molar-refractivity contribution in [2.75, 3.05) is 20.7 Å². The first-order valence-electron chi connectivity index (χ1n) is 5.82. The number of carbonyl (C=O) groups is 2. The number of aliphatic carboxylic acids is 1. The Balaban J connectivity index is 2.70. The number of carbonyl (C=O) groups excluding carboxylic acids is 1. The van der Waals surface area contributed by atoms with Gasteiger partial charge in [0.15, 0.2) is 6.04 Å². The number of amides is 1. The molecule has 1 aromatic rings. The average molecular weight is 266 g/mol. The fourth-order valence-electron chi connectivity index (χ4n) is 1.55. The van der Waals surface area contributed by atoms with Crippen LogP contribution in [0.2, 0.25) is 0 Å². The molecule has 0 saturated carbocycles. The number of benzene rings is 1. The zero-order valence-electron chi connectivity index (χ0n) is 11.0. The number of carboxylic acids is 1. The first-order valence-corrected chi connectivity index (χ1v) is 5.82. The summed E-state index contributed by atoms with van der Waals surface area (Å²) in [6.45, 7) is 0.121. The molecule has 6 nitrogen and oxygen atoms in total. The summed E-state index contributed by atoms with van der Waals surface area (Å²) >= 11 is 0. The number of nitrogens with one attached hydrogen (secondary N) is 1. The van der Waals surface area contributed by atoms with Crippen molar-refractivity contribution in [1.29, 1.82) is 0 Å². The Hall–Kier alpha value is -1.92. The Morgan fingerprint density at radius 3 is 2.26 bits per heavy atom. The Kier molecular flexibility index (Phi) is 5.47. The summed E-state index contributed by atoms with van der Waals surface area (Å²) < 4.78 is 0. The van der Waals surface area contributed by atoms with Crippen LogP contribution in [0.3, 0.4) is 0 Å². The highest BCUT2D eigenvalue weighted by Crippen LogP contribution is 2.06. The molecule has 0 fully saturated rings. The van der Waals surface area contributed by atoms with Crippen molar-refractivity contribution >= 4 is 11.9 Å². The monoisotopic (exact) mass is 266 g/mol. The van der Waals surface area contributed by atoms with Crippen LogP contribution in [-0.4, -0.2) is 53.7 Å². The number of hydrogen-bond donors (Lipinski definition) is 3. The molecular weight excluding hydrogens is 248 g/mol. The number of aliphatic hydroxyl groups is 1. The molecule has 0 unspecified atom stereocenters. The van der Waals surface area contributed by atoms with Gasteiger partial charge in [-0.05, 0) is 31.8 Å². The predicted octanol–water partition coefficient (Wildman–Crippen LogP) is -0.0765. The number of aliphatic hydroxyl groups excluding tert-OH is 1. The molecule has 0 aliphatic carbocycles. The molecule has 1 atom stereocenters. The largest absolute Gasteiger partial charge is 0.480 e. The van der Waals surface area contributed by atoms with E-state index in [0.29, 0.717) is 5.56 Å². The van der Waals surface area contributed by atoms with E-state index in [9.17, 15) is 9.59 Å². The number of hydrogen-bond acceptors (Lipinski definition) is 4. The maximum Gasteiger partial charge on any atom is 0.328 e. The van der Waals surface area contributed by atoms with E-state index in [2.05, 4.69) is 5.32 Å². The standard InChI is InChI=1S/C13H18N2O4/c1-15(2)7-9-3-5-10(6-4-9)12(17)14-11(8-16)13(18)19/h3-6,11,16H,7-8H2,1-2H3,(H,14,17)(H,18,19)/t11-/m0/s1. The highest BCUT2D eigenvalue weighted by atomic mass is 16.4. The van der Waals surface area contributed by atoms with Crippen LogP contribution in [0.1, 0.15) is 15.9 Å². The van der Waals surface area contributed by atoms with Gasteiger partial charge in [0, 0.05) is 12.1 Å². The van der Waals surface area contributed by atoms with Gasteiger partial charge in [-0.3, -0.25) is 4.79 Å². The van der Waals surface area contributed by atoms with E-state index in [4.69, 9.17) is 10.2 Å². The normalized spacial score (nSPS) is 12.2. The summed E-state index contributed by atoms with van der Waals surface area (Å²) in [5, 5.41) is 19.8. The smallest absolute Gasteiger partial charge is 0.328 e. The van der Waals surface area contributed by atoms with Crippen LogP contribution in [0.25, 0.3) is 0 Å². The van der Waals surface area contributed by atoms with Crippen LogP contribution in [0.4, 0.5) is 0 Å². The van der Waals surface area contributed by atoms with Crippen LogP contribution in [-0.2, 0) is 11.3 Å². The van der Waals surface area contributed by atoms with Gasteiger partial charge >= 0.3 is 5.97 Å². The third kappa shape index (κ3) is 4.69. The van der Waals surface area contributed by atoms with Crippen molar-refractivity contribution in [3.8, 4) is 0 Å². The highest BCUT2D eigenvalue weighted by molar-refractivity contribution is 5.96. The lowest BCUT2D eigenvalue weighted by Crippen LogP contribution is -2.43. The Labute approximate surface area is 111 Å². The molecule has 0 spiro atoms. The number of carboxylic acid groups (broad SMARTS) is 1. The Morgan fingerprint density at radius 2 is 1.84 bits per heavy atom. The highest BCUT2D eigenvalue weighted by Gasteiger charge is 2.19. The molecule has 0 saturated heterocycles. The van der Waals surface area contributed by atoms with Crippen LogP contribution in [0.15, 0.2) is 24.3 Å². The molecular formula is C13H18N2O4. The van der Waals surface area contributed by atoms with Gasteiger partial charge in [-0.1, -0.05) is 12.1 Å². The van der Waals surface area contributed by atoms with Gasteiger partial charge in [-0.2, -0.15) is 0 Å². The first-order chi connectivity index (χ1) is 8.93. The van der Waals surface area contributed by atoms with E-state index < -0.39 is 24.5 Å². The minimum atomic E-state index is -1.28. The van der Waals surface area contributed by atoms with Crippen LogP contribution in [0, 0.1) is 0 Å². The van der Waals surface area contributed by atoms with E-state index in [1.807, 2.05) is 31.1 Å². The van der Waals surface area contributed by atoms with Gasteiger partial charge in [0.25, 0.3) is 5.91 Å². The molecule has 1 amide bonds. The van der Waals surface area contributed by atoms with Gasteiger partial charge in [0.1, 0.15) is 0 Å². The maximum atomic E-state index is 11.8. The van der Waals surface area contributed by atoms with E-state index in [1.165, 1.54) is 0 Å². The minimum Gasteiger partial charge on any atom is -0.480 e. The summed E-state index contributed by atoms with van der Waals surface area (Å²) in [4.78, 5) is 24.4. The molecule has 0 heterocycles. The van der Waals surface area contributed by atoms with E-state index in [1.54, 1.807) is 12.1 Å². The minimum absolute atomic E-state index is 0.363. The van der Waals surface area contributed by atoms with Gasteiger partial charge in [0.05, 0.1) is 6.61 Å². The SMILES string of the molecule is CN(C)Cc1ccc(C(=O)N[C@@H](CO)C(=O)O)cc1. The lowest BCUT2D eigenvalue weighted by molar-refractivity contribution is -0.140. The molecule has 19 heavy (non-hydrogen) atoms. The second-order valence-electron chi connectivity index (χ2n) is 4.48. The van der Waals surface area contributed by atoms with Crippen molar-refractivity contribution < 1.29 is 19.8 Å². The zero-order valence-corrected chi connectivity index (χ0v) is 11.0. The fraction of sp³-hybridized carbons (Fsp3) is 0.385. The molecule has 0 aliphatic heterocycles. The second-order valence-corrected chi connectivity index (χ2v) is 4.48. The van der Waals surface area contributed by atoms with Crippen molar-refractivity contribution in [3.05, 3.63) is 35.4 Å². The summed E-state index contributed by atoms with van der Waals surface area (Å²) in [7, 11) is 3.89. The molecule has 1 rings (SSSR count). The molecule has 6 heteroatoms. The topological polar surface area (TPSA) is 89.9 Å². The Morgan fingerprint density at radius 1 is 1.26 bits per heavy atom. The third-order valence-electron chi connectivity index (χ3n) is 2.50. The quantitative estimate of drug-likeness (QED) is 0.670. The molecule has 0 bridgehead atoms. The van der Waals surface area contributed by atoms with E-state index >= 15 is 0 Å². The predicted molar refractivity (Wildman–Crippen MR) is 69.8 cm³/mol. The van der Waals surface area contributed by atoms with Crippen LogP contribution >= 0.6 is 0 Å². The van der Waals surface area contributed by atoms with Gasteiger partial charge < -0.3 is 20.4 Å². The van der Waals surface area contributed by atoms with E-state index in [-0.39, 0.29) is 0 Å². The molecule has 1 aromatic carbocycles. The third-order valence-corrected chi connectivity index (χ3v) is 2.50. The maximum absolute atomic E-state index is 11.8. The first kappa shape index (κ1) is 15.1. The number of nitrogens with zero attached hydrogens (tertiary/aromatic N) is 1. The second kappa shape index (κ2) is 6.86. The van der Waals surface area contributed by atoms with E-state index in [0.717, 1.165) is 12.1 Å². The molecule has 3 N–H and O–H groups in total. The summed E-state index contributed by atoms with van der Waals surface area (Å²) in [6.07, 6.45) is 0. The van der Waals surface area contributed by atoms with Crippen LogP contribution < -0.4 is 5.32 Å². The summed E-state index contributed by atoms with van der Waals surface area (Å²) in [5.74, 6) is -1.78. The fourth-order valence-corrected chi connectivity index (χ4v) is 1.55. The lowest BCUT2D eigenvalue weighted by atomic mass is 10.1. The molecule has 0 aliphatic rings. The van der Waals surface area contributed by atoms with Crippen LogP contribution in [0.5, 0.6) is 0 Å². The summed E-state index contributed by atoms with van der Waals surface area (Å²) in [6, 6.07) is 5.59. The van der Waals surface area contributed by atoms with Gasteiger partial charge in [-0.25, -0.2) is 4.79 Å². The average Bonchev–Trinajstić information content (AvgIpc) is 2.35. The molecule has 0 aromatic heterocycles.